The number of halogens is 1. The van der Waals surface area contributed by atoms with Gasteiger partial charge in [-0.3, -0.25) is 9.59 Å². The van der Waals surface area contributed by atoms with E-state index in [0.29, 0.717) is 29.5 Å². The maximum absolute atomic E-state index is 13.4. The van der Waals surface area contributed by atoms with Crippen molar-refractivity contribution in [2.24, 2.45) is 0 Å². The maximum Gasteiger partial charge on any atom is 0.243 e. The van der Waals surface area contributed by atoms with Crippen LogP contribution >= 0.6 is 23.4 Å². The second-order valence-electron chi connectivity index (χ2n) is 8.84. The number of hydrogen-bond donors (Lipinski definition) is 1. The number of hydrogen-bond acceptors (Lipinski definition) is 3. The molecule has 1 N–H and O–H groups in total. The van der Waals surface area contributed by atoms with Crippen molar-refractivity contribution >= 4 is 35.2 Å². The number of carbonyl (C=O) groups excluding carboxylic acids is 2. The van der Waals surface area contributed by atoms with Crippen LogP contribution in [0.4, 0.5) is 0 Å². The molecule has 1 atom stereocenters. The molecule has 4 nitrogen and oxygen atoms in total. The summed E-state index contributed by atoms with van der Waals surface area (Å²) in [6, 6.07) is 15.6. The molecule has 0 aliphatic heterocycles. The molecule has 0 heterocycles. The van der Waals surface area contributed by atoms with E-state index >= 15 is 0 Å². The molecular formula is C27H35ClN2O2S. The fourth-order valence-corrected chi connectivity index (χ4v) is 5.47. The van der Waals surface area contributed by atoms with Crippen LogP contribution in [0.5, 0.6) is 0 Å². The lowest BCUT2D eigenvalue weighted by Gasteiger charge is -2.33. The Morgan fingerprint density at radius 3 is 2.58 bits per heavy atom. The summed E-state index contributed by atoms with van der Waals surface area (Å²) in [4.78, 5) is 28.5. The van der Waals surface area contributed by atoms with E-state index < -0.39 is 6.04 Å². The van der Waals surface area contributed by atoms with Gasteiger partial charge in [0.05, 0.1) is 5.75 Å². The molecule has 178 valence electrons. The number of amides is 2. The molecule has 2 amide bonds. The number of nitrogens with zero attached hydrogens (tertiary/aromatic N) is 1. The average Bonchev–Trinajstić information content (AvgIpc) is 2.81. The number of benzene rings is 2. The Morgan fingerprint density at radius 2 is 1.88 bits per heavy atom. The Kier molecular flexibility index (Phi) is 10.1. The van der Waals surface area contributed by atoms with E-state index in [0.717, 1.165) is 42.4 Å². The Balaban J connectivity index is 1.71. The summed E-state index contributed by atoms with van der Waals surface area (Å²) in [5.74, 6) is 1.00. The molecule has 2 aromatic carbocycles. The predicted molar refractivity (Wildman–Crippen MR) is 138 cm³/mol. The molecule has 3 rings (SSSR count). The van der Waals surface area contributed by atoms with Crippen LogP contribution in [0.2, 0.25) is 5.02 Å². The number of rotatable bonds is 10. The van der Waals surface area contributed by atoms with Gasteiger partial charge >= 0.3 is 0 Å². The highest BCUT2D eigenvalue weighted by Crippen LogP contribution is 2.22. The second-order valence-corrected chi connectivity index (χ2v) is 10.3. The molecule has 0 radical (unpaired) electrons. The summed E-state index contributed by atoms with van der Waals surface area (Å²) in [6.45, 7) is 4.48. The van der Waals surface area contributed by atoms with Crippen LogP contribution in [0.25, 0.3) is 0 Å². The number of thioether (sulfide) groups is 1. The van der Waals surface area contributed by atoms with Crippen molar-refractivity contribution in [1.82, 2.24) is 10.2 Å². The molecule has 33 heavy (non-hydrogen) atoms. The summed E-state index contributed by atoms with van der Waals surface area (Å²) in [7, 11) is 0. The van der Waals surface area contributed by atoms with Crippen LogP contribution in [0.15, 0.2) is 48.5 Å². The molecule has 1 aliphatic rings. The lowest BCUT2D eigenvalue weighted by molar-refractivity contribution is -0.139. The van der Waals surface area contributed by atoms with E-state index in [1.54, 1.807) is 16.7 Å². The lowest BCUT2D eigenvalue weighted by atomic mass is 9.95. The van der Waals surface area contributed by atoms with Crippen LogP contribution in [-0.2, 0) is 21.9 Å². The summed E-state index contributed by atoms with van der Waals surface area (Å²) in [5.41, 5.74) is 3.30. The van der Waals surface area contributed by atoms with Gasteiger partial charge in [-0.15, -0.1) is 11.8 Å². The molecule has 6 heteroatoms. The molecule has 2 aromatic rings. The third kappa shape index (κ3) is 7.79. The molecule has 1 saturated carbocycles. The predicted octanol–water partition coefficient (Wildman–Crippen LogP) is 6.14. The van der Waals surface area contributed by atoms with Crippen molar-refractivity contribution in [3.63, 3.8) is 0 Å². The van der Waals surface area contributed by atoms with E-state index in [1.165, 1.54) is 6.42 Å². The molecule has 0 bridgehead atoms. The highest BCUT2D eigenvalue weighted by molar-refractivity contribution is 7.99. The van der Waals surface area contributed by atoms with E-state index in [1.807, 2.05) is 49.4 Å². The van der Waals surface area contributed by atoms with E-state index in [9.17, 15) is 9.59 Å². The van der Waals surface area contributed by atoms with Gasteiger partial charge in [-0.05, 0) is 55.0 Å². The quantitative estimate of drug-likeness (QED) is 0.439. The first-order valence-electron chi connectivity index (χ1n) is 11.9. The normalized spacial score (nSPS) is 15.1. The minimum Gasteiger partial charge on any atom is -0.352 e. The Hall–Kier alpha value is -1.98. The van der Waals surface area contributed by atoms with Crippen LogP contribution in [0.1, 0.15) is 62.1 Å². The zero-order valence-electron chi connectivity index (χ0n) is 19.7. The standard InChI is InChI=1S/C27H35ClN2O2S/c1-3-25(27(32)29-24-14-5-4-6-15-24)30(17-22-12-8-7-10-20(22)2)26(31)19-33-18-21-11-9-13-23(28)16-21/h7-13,16,24-25H,3-6,14-15,17-19H2,1-2H3,(H,29,32)/t25-/m1/s1. The maximum atomic E-state index is 13.4. The number of carbonyl (C=O) groups is 2. The molecule has 0 spiro atoms. The lowest BCUT2D eigenvalue weighted by Crippen LogP contribution is -2.52. The highest BCUT2D eigenvalue weighted by Gasteiger charge is 2.30. The summed E-state index contributed by atoms with van der Waals surface area (Å²) in [5, 5.41) is 3.94. The fraction of sp³-hybridized carbons (Fsp3) is 0.481. The molecule has 1 fully saturated rings. The van der Waals surface area contributed by atoms with E-state index in [4.69, 9.17) is 11.6 Å². The van der Waals surface area contributed by atoms with Crippen molar-refractivity contribution in [1.29, 1.82) is 0 Å². The van der Waals surface area contributed by atoms with Gasteiger partial charge in [0.2, 0.25) is 11.8 Å². The molecule has 0 aromatic heterocycles. The summed E-state index contributed by atoms with van der Waals surface area (Å²) < 4.78 is 0. The summed E-state index contributed by atoms with van der Waals surface area (Å²) in [6.07, 6.45) is 6.22. The van der Waals surface area contributed by atoms with Gasteiger partial charge in [0.1, 0.15) is 6.04 Å². The van der Waals surface area contributed by atoms with Crippen molar-refractivity contribution < 1.29 is 9.59 Å². The van der Waals surface area contributed by atoms with Gasteiger partial charge < -0.3 is 10.2 Å². The smallest absolute Gasteiger partial charge is 0.243 e. The van der Waals surface area contributed by atoms with Gasteiger partial charge in [0, 0.05) is 23.4 Å². The van der Waals surface area contributed by atoms with Gasteiger partial charge in [-0.2, -0.15) is 0 Å². The van der Waals surface area contributed by atoms with Crippen LogP contribution in [0.3, 0.4) is 0 Å². The van der Waals surface area contributed by atoms with E-state index in [-0.39, 0.29) is 17.9 Å². The second kappa shape index (κ2) is 13.0. The Bertz CT molecular complexity index is 930. The minimum absolute atomic E-state index is 0.00377. The van der Waals surface area contributed by atoms with Crippen LogP contribution < -0.4 is 5.32 Å². The third-order valence-corrected chi connectivity index (χ3v) is 7.55. The van der Waals surface area contributed by atoms with Crippen molar-refractivity contribution in [2.45, 2.75) is 76.8 Å². The van der Waals surface area contributed by atoms with Crippen molar-refractivity contribution in [3.05, 3.63) is 70.2 Å². The molecule has 0 saturated heterocycles. The number of aryl methyl sites for hydroxylation is 1. The van der Waals surface area contributed by atoms with Crippen molar-refractivity contribution in [3.8, 4) is 0 Å². The van der Waals surface area contributed by atoms with Crippen molar-refractivity contribution in [2.75, 3.05) is 5.75 Å². The monoisotopic (exact) mass is 486 g/mol. The van der Waals surface area contributed by atoms with Gasteiger partial charge in [0.25, 0.3) is 0 Å². The van der Waals surface area contributed by atoms with E-state index in [2.05, 4.69) is 18.3 Å². The zero-order chi connectivity index (χ0) is 23.6. The topological polar surface area (TPSA) is 49.4 Å². The summed E-state index contributed by atoms with van der Waals surface area (Å²) >= 11 is 7.65. The molecular weight excluding hydrogens is 452 g/mol. The van der Waals surface area contributed by atoms with Gasteiger partial charge in [-0.1, -0.05) is 74.2 Å². The molecule has 0 unspecified atom stereocenters. The van der Waals surface area contributed by atoms with Gasteiger partial charge in [-0.25, -0.2) is 0 Å². The number of nitrogens with one attached hydrogen (secondary N) is 1. The first-order chi connectivity index (χ1) is 16.0. The highest BCUT2D eigenvalue weighted by atomic mass is 35.5. The first-order valence-corrected chi connectivity index (χ1v) is 13.5. The van der Waals surface area contributed by atoms with Gasteiger partial charge in [0.15, 0.2) is 0 Å². The SMILES string of the molecule is CC[C@H](C(=O)NC1CCCCC1)N(Cc1ccccc1C)C(=O)CSCc1cccc(Cl)c1. The average molecular weight is 487 g/mol. The first kappa shape index (κ1) is 25.6. The molecule has 1 aliphatic carbocycles. The van der Waals surface area contributed by atoms with Crippen LogP contribution in [-0.4, -0.2) is 34.6 Å². The Morgan fingerprint density at radius 1 is 1.12 bits per heavy atom. The Labute approximate surface area is 207 Å². The van der Waals surface area contributed by atoms with Crippen LogP contribution in [0, 0.1) is 6.92 Å². The third-order valence-electron chi connectivity index (χ3n) is 6.32. The minimum atomic E-state index is -0.467. The zero-order valence-corrected chi connectivity index (χ0v) is 21.3. The largest absolute Gasteiger partial charge is 0.352 e. The fourth-order valence-electron chi connectivity index (χ4n) is 4.40.